The van der Waals surface area contributed by atoms with Crippen LogP contribution in [-0.2, 0) is 23.7 Å². The van der Waals surface area contributed by atoms with Gasteiger partial charge in [0.1, 0.15) is 0 Å². The van der Waals surface area contributed by atoms with E-state index in [2.05, 4.69) is 189 Å². The molecular formula is C58H51N. The largest absolute Gasteiger partial charge is 0.334 e. The van der Waals surface area contributed by atoms with Crippen LogP contribution in [0.25, 0.3) is 28.5 Å². The first-order valence-corrected chi connectivity index (χ1v) is 22.2. The average molecular weight is 762 g/mol. The third-order valence-electron chi connectivity index (χ3n) is 15.2. The molecule has 0 aliphatic heterocycles. The summed E-state index contributed by atoms with van der Waals surface area (Å²) in [5, 5.41) is 2.83. The van der Waals surface area contributed by atoms with E-state index in [9.17, 15) is 0 Å². The summed E-state index contributed by atoms with van der Waals surface area (Å²) in [4.78, 5) is 2.68. The van der Waals surface area contributed by atoms with E-state index >= 15 is 0 Å². The highest BCUT2D eigenvalue weighted by molar-refractivity contribution is 6.00. The van der Waals surface area contributed by atoms with Gasteiger partial charge in [-0.05, 0) is 158 Å². The lowest BCUT2D eigenvalue weighted by molar-refractivity contribution is 0.394. The minimum Gasteiger partial charge on any atom is -0.334 e. The molecule has 4 atom stereocenters. The normalized spacial score (nSPS) is 25.0. The Morgan fingerprint density at radius 1 is 0.610 bits per heavy atom. The lowest BCUT2D eigenvalue weighted by Gasteiger charge is -2.40. The summed E-state index contributed by atoms with van der Waals surface area (Å²) in [5.74, 6) is 0.910. The number of hydrogen-bond acceptors (Lipinski definition) is 1. The highest BCUT2D eigenvalue weighted by Crippen LogP contribution is 2.59. The van der Waals surface area contributed by atoms with E-state index in [1.165, 1.54) is 77.8 Å². The third-order valence-corrected chi connectivity index (χ3v) is 15.2. The Morgan fingerprint density at radius 3 is 2.22 bits per heavy atom. The number of fused-ring (bicyclic) bond motifs is 11. The SMILES string of the molecule is CC1(C)c2cc(N(c3ccc4c5c(c6c(c4c3)CCC=C6)CCC=C5)C3C=CC(C4(c5ccccc5)C5=C(C=CCC5)c5ccccc54)=CC3)ccc2C2C=CC=CC21. The van der Waals surface area contributed by atoms with Crippen molar-refractivity contribution in [3.05, 3.63) is 219 Å². The Bertz CT molecular complexity index is 2850. The Kier molecular flexibility index (Phi) is 7.90. The molecule has 0 aromatic heterocycles. The topological polar surface area (TPSA) is 3.24 Å². The smallest absolute Gasteiger partial charge is 0.0673 e. The zero-order valence-electron chi connectivity index (χ0n) is 34.3. The van der Waals surface area contributed by atoms with Crippen LogP contribution < -0.4 is 4.90 Å². The molecule has 5 aromatic rings. The Labute approximate surface area is 349 Å². The summed E-state index contributed by atoms with van der Waals surface area (Å²) in [6.07, 6.45) is 38.9. The molecule has 288 valence electrons. The van der Waals surface area contributed by atoms with Crippen LogP contribution in [0.5, 0.6) is 0 Å². The summed E-state index contributed by atoms with van der Waals surface area (Å²) >= 11 is 0. The quantitative estimate of drug-likeness (QED) is 0.172. The minimum atomic E-state index is -0.304. The van der Waals surface area contributed by atoms with Crippen molar-refractivity contribution >= 4 is 39.9 Å². The number of rotatable bonds is 5. The molecule has 7 aliphatic rings. The molecular weight excluding hydrogens is 711 g/mol. The molecule has 0 saturated carbocycles. The van der Waals surface area contributed by atoms with Gasteiger partial charge >= 0.3 is 0 Å². The van der Waals surface area contributed by atoms with Crippen LogP contribution in [-0.4, -0.2) is 6.04 Å². The Morgan fingerprint density at radius 2 is 1.36 bits per heavy atom. The maximum absolute atomic E-state index is 2.68. The van der Waals surface area contributed by atoms with Crippen molar-refractivity contribution in [1.29, 1.82) is 0 Å². The van der Waals surface area contributed by atoms with Gasteiger partial charge in [0, 0.05) is 17.3 Å². The molecule has 0 heterocycles. The van der Waals surface area contributed by atoms with Crippen molar-refractivity contribution in [2.45, 2.75) is 81.6 Å². The van der Waals surface area contributed by atoms with Crippen molar-refractivity contribution in [3.63, 3.8) is 0 Å². The maximum Gasteiger partial charge on any atom is 0.0673 e. The zero-order valence-corrected chi connectivity index (χ0v) is 34.3. The van der Waals surface area contributed by atoms with Gasteiger partial charge in [0.15, 0.2) is 0 Å². The van der Waals surface area contributed by atoms with Gasteiger partial charge in [0.05, 0.1) is 11.5 Å². The molecule has 4 unspecified atom stereocenters. The minimum absolute atomic E-state index is 0.0381. The van der Waals surface area contributed by atoms with Crippen LogP contribution in [0, 0.1) is 5.92 Å². The molecule has 0 N–H and O–H groups in total. The fraction of sp³-hybridized carbons (Fsp3) is 0.241. The van der Waals surface area contributed by atoms with Crippen LogP contribution in [0.2, 0.25) is 0 Å². The summed E-state index contributed by atoms with van der Waals surface area (Å²) in [5.41, 5.74) is 19.8. The van der Waals surface area contributed by atoms with E-state index in [1.807, 2.05) is 0 Å². The first kappa shape index (κ1) is 35.1. The number of allylic oxidation sites excluding steroid dienone is 12. The molecule has 0 saturated heterocycles. The average Bonchev–Trinajstić information content (AvgIpc) is 3.73. The summed E-state index contributed by atoms with van der Waals surface area (Å²) in [6, 6.07) is 35.6. The first-order valence-electron chi connectivity index (χ1n) is 22.2. The second-order valence-electron chi connectivity index (χ2n) is 18.4. The van der Waals surface area contributed by atoms with Gasteiger partial charge in [0.25, 0.3) is 0 Å². The van der Waals surface area contributed by atoms with Crippen molar-refractivity contribution in [2.75, 3.05) is 4.90 Å². The van der Waals surface area contributed by atoms with Gasteiger partial charge in [-0.25, -0.2) is 0 Å². The number of nitrogens with zero attached hydrogens (tertiary/aromatic N) is 1. The van der Waals surface area contributed by atoms with Gasteiger partial charge in [0.2, 0.25) is 0 Å². The molecule has 0 spiro atoms. The zero-order chi connectivity index (χ0) is 39.3. The van der Waals surface area contributed by atoms with E-state index in [-0.39, 0.29) is 16.9 Å². The summed E-state index contributed by atoms with van der Waals surface area (Å²) < 4.78 is 0. The van der Waals surface area contributed by atoms with Crippen LogP contribution in [0.3, 0.4) is 0 Å². The van der Waals surface area contributed by atoms with Gasteiger partial charge in [-0.3, -0.25) is 0 Å². The predicted octanol–water partition coefficient (Wildman–Crippen LogP) is 14.4. The first-order chi connectivity index (χ1) is 29.0. The van der Waals surface area contributed by atoms with E-state index in [4.69, 9.17) is 0 Å². The molecule has 0 radical (unpaired) electrons. The van der Waals surface area contributed by atoms with Gasteiger partial charge in [-0.2, -0.15) is 0 Å². The van der Waals surface area contributed by atoms with E-state index in [1.54, 1.807) is 11.1 Å². The van der Waals surface area contributed by atoms with Crippen molar-refractivity contribution in [3.8, 4) is 0 Å². The van der Waals surface area contributed by atoms with E-state index in [0.717, 1.165) is 44.9 Å². The molecule has 59 heavy (non-hydrogen) atoms. The van der Waals surface area contributed by atoms with Gasteiger partial charge in [-0.1, -0.05) is 160 Å². The highest BCUT2D eigenvalue weighted by Gasteiger charge is 2.49. The lowest BCUT2D eigenvalue weighted by atomic mass is 9.64. The van der Waals surface area contributed by atoms with E-state index < -0.39 is 0 Å². The fourth-order valence-electron chi connectivity index (χ4n) is 12.5. The molecule has 1 heteroatoms. The van der Waals surface area contributed by atoms with Crippen LogP contribution >= 0.6 is 0 Å². The van der Waals surface area contributed by atoms with Crippen molar-refractivity contribution in [1.82, 2.24) is 0 Å². The standard InChI is InChI=1S/C58H51N/c1-57(2)53-25-13-10-22-48(53)51-35-33-42(37-56(51)57)59(41-32-34-47-45-20-7-6-18-43(45)44-19-8-9-21-46(44)52(47)36-41)40-30-28-39(29-31-40)58(38-16-4-3-5-17-38)54-26-14-11-23-49(54)50-24-12-15-27-55(50)58/h3-5,7-8,10-14,16-17,19-20,22-26,28-30,32-37,40,48,53H,6,9,15,18,21,27,31H2,1-2H3. The Balaban J connectivity index is 1.03. The summed E-state index contributed by atoms with van der Waals surface area (Å²) in [6.45, 7) is 4.92. The van der Waals surface area contributed by atoms with Crippen molar-refractivity contribution in [2.24, 2.45) is 5.92 Å². The van der Waals surface area contributed by atoms with E-state index in [0.29, 0.717) is 11.8 Å². The van der Waals surface area contributed by atoms with Crippen LogP contribution in [0.15, 0.2) is 169 Å². The van der Waals surface area contributed by atoms with Crippen LogP contribution in [0.4, 0.5) is 11.4 Å². The number of hydrogen-bond donors (Lipinski definition) is 0. The highest BCUT2D eigenvalue weighted by atomic mass is 15.2. The van der Waals surface area contributed by atoms with Crippen LogP contribution in [0.1, 0.15) is 102 Å². The maximum atomic E-state index is 2.68. The number of anilines is 2. The molecule has 0 amide bonds. The molecule has 7 aliphatic carbocycles. The van der Waals surface area contributed by atoms with Gasteiger partial charge < -0.3 is 4.90 Å². The third kappa shape index (κ3) is 5.03. The summed E-state index contributed by atoms with van der Waals surface area (Å²) in [7, 11) is 0. The van der Waals surface area contributed by atoms with Crippen molar-refractivity contribution < 1.29 is 0 Å². The number of benzene rings is 5. The molecule has 0 fully saturated rings. The second-order valence-corrected chi connectivity index (χ2v) is 18.4. The number of aryl methyl sites for hydroxylation is 1. The lowest BCUT2D eigenvalue weighted by Crippen LogP contribution is -2.35. The predicted molar refractivity (Wildman–Crippen MR) is 249 cm³/mol. The molecule has 12 rings (SSSR count). The van der Waals surface area contributed by atoms with Gasteiger partial charge in [-0.15, -0.1) is 0 Å². The monoisotopic (exact) mass is 761 g/mol. The fourth-order valence-corrected chi connectivity index (χ4v) is 12.5. The Hall–Kier alpha value is -5.92. The molecule has 1 nitrogen and oxygen atoms in total. The second kappa shape index (κ2) is 13.3. The molecule has 0 bridgehead atoms. The molecule has 5 aromatic carbocycles.